The molecule has 154 valence electrons. The van der Waals surface area contributed by atoms with Gasteiger partial charge in [0.15, 0.2) is 0 Å². The van der Waals surface area contributed by atoms with Crippen LogP contribution in [-0.2, 0) is 16.6 Å². The minimum Gasteiger partial charge on any atom is -0.368 e. The summed E-state index contributed by atoms with van der Waals surface area (Å²) in [6, 6.07) is 7.62. The van der Waals surface area contributed by atoms with Gasteiger partial charge in [-0.15, -0.1) is 11.3 Å². The lowest BCUT2D eigenvalue weighted by molar-refractivity contribution is -0.120. The highest BCUT2D eigenvalue weighted by Crippen LogP contribution is 2.37. The number of aryl methyl sites for hydroxylation is 2. The van der Waals surface area contributed by atoms with Crippen molar-refractivity contribution in [2.45, 2.75) is 65.8 Å². The van der Waals surface area contributed by atoms with E-state index in [9.17, 15) is 9.59 Å². The number of benzene rings is 1. The molecule has 2 N–H and O–H groups in total. The van der Waals surface area contributed by atoms with E-state index in [1.165, 1.54) is 21.5 Å². The Kier molecular flexibility index (Phi) is 5.68. The number of nitrogens with two attached hydrogens (primary N) is 1. The van der Waals surface area contributed by atoms with E-state index in [0.717, 1.165) is 27.3 Å². The van der Waals surface area contributed by atoms with Crippen molar-refractivity contribution in [2.24, 2.45) is 5.73 Å². The van der Waals surface area contributed by atoms with E-state index >= 15 is 0 Å². The molecular formula is C23H29N3O2S. The number of nitrogens with zero attached hydrogens (tertiary/aromatic N) is 2. The molecule has 0 saturated carbocycles. The number of carbonyl (C=O) groups excluding carboxylic acids is 1. The summed E-state index contributed by atoms with van der Waals surface area (Å²) in [4.78, 5) is 31.9. The van der Waals surface area contributed by atoms with E-state index in [1.807, 2.05) is 13.8 Å². The molecule has 0 radical (unpaired) electrons. The molecule has 2 heterocycles. The fourth-order valence-electron chi connectivity index (χ4n) is 3.63. The van der Waals surface area contributed by atoms with E-state index in [2.05, 4.69) is 45.0 Å². The van der Waals surface area contributed by atoms with Gasteiger partial charge in [-0.1, -0.05) is 52.0 Å². The zero-order valence-electron chi connectivity index (χ0n) is 18.0. The molecule has 3 rings (SSSR count). The third kappa shape index (κ3) is 3.86. The van der Waals surface area contributed by atoms with E-state index < -0.39 is 11.9 Å². The van der Waals surface area contributed by atoms with Crippen molar-refractivity contribution in [3.8, 4) is 11.1 Å². The molecule has 0 spiro atoms. The standard InChI is InChI=1S/C23H29N3O2S/c1-7-8-17-25-21-19(22(28)26(17)13(2)20(24)27)18(14(3)29-21)15-9-11-16(12-10-15)23(4,5)6/h9-13H,7-8H2,1-6H3,(H2,24,27). The third-order valence-electron chi connectivity index (χ3n) is 5.32. The van der Waals surface area contributed by atoms with E-state index in [4.69, 9.17) is 10.7 Å². The predicted molar refractivity (Wildman–Crippen MR) is 121 cm³/mol. The summed E-state index contributed by atoms with van der Waals surface area (Å²) in [6.45, 7) is 12.2. The first-order chi connectivity index (χ1) is 13.6. The van der Waals surface area contributed by atoms with E-state index in [-0.39, 0.29) is 11.0 Å². The van der Waals surface area contributed by atoms with Crippen LogP contribution in [0.5, 0.6) is 0 Å². The summed E-state index contributed by atoms with van der Waals surface area (Å²) in [7, 11) is 0. The SMILES string of the molecule is CCCc1nc2sc(C)c(-c3ccc(C(C)(C)C)cc3)c2c(=O)n1C(C)C(N)=O. The fourth-order valence-corrected chi connectivity index (χ4v) is 4.68. The molecule has 0 bridgehead atoms. The van der Waals surface area contributed by atoms with Crippen LogP contribution in [0.25, 0.3) is 21.3 Å². The molecule has 0 aliphatic heterocycles. The van der Waals surface area contributed by atoms with Gasteiger partial charge in [-0.25, -0.2) is 4.98 Å². The Morgan fingerprint density at radius 3 is 2.38 bits per heavy atom. The van der Waals surface area contributed by atoms with E-state index in [0.29, 0.717) is 17.6 Å². The predicted octanol–water partition coefficient (Wildman–Crippen LogP) is 4.73. The van der Waals surface area contributed by atoms with Gasteiger partial charge in [-0.2, -0.15) is 0 Å². The van der Waals surface area contributed by atoms with Crippen LogP contribution in [-0.4, -0.2) is 15.5 Å². The number of primary amides is 1. The quantitative estimate of drug-likeness (QED) is 0.659. The molecule has 6 heteroatoms. The highest BCUT2D eigenvalue weighted by molar-refractivity contribution is 7.19. The van der Waals surface area contributed by atoms with Crippen molar-refractivity contribution in [1.82, 2.24) is 9.55 Å². The Hall–Kier alpha value is -2.47. The lowest BCUT2D eigenvalue weighted by atomic mass is 9.86. The molecule has 1 amide bonds. The zero-order chi connectivity index (χ0) is 21.5. The van der Waals surface area contributed by atoms with Crippen LogP contribution in [0, 0.1) is 6.92 Å². The molecule has 2 aromatic heterocycles. The number of rotatable bonds is 5. The van der Waals surface area contributed by atoms with Crippen LogP contribution in [0.1, 0.15) is 63.3 Å². The van der Waals surface area contributed by atoms with Crippen LogP contribution >= 0.6 is 11.3 Å². The summed E-state index contributed by atoms with van der Waals surface area (Å²) >= 11 is 1.53. The molecule has 0 aliphatic rings. The highest BCUT2D eigenvalue weighted by Gasteiger charge is 2.24. The van der Waals surface area contributed by atoms with Gasteiger partial charge in [0.1, 0.15) is 16.7 Å². The second kappa shape index (κ2) is 7.75. The Morgan fingerprint density at radius 1 is 1.24 bits per heavy atom. The second-order valence-electron chi connectivity index (χ2n) is 8.57. The third-order valence-corrected chi connectivity index (χ3v) is 6.32. The molecule has 0 aliphatic carbocycles. The number of aromatic nitrogens is 2. The largest absolute Gasteiger partial charge is 0.368 e. The average Bonchev–Trinajstić information content (AvgIpc) is 2.97. The maximum absolute atomic E-state index is 13.5. The number of amides is 1. The van der Waals surface area contributed by atoms with Crippen LogP contribution in [0.4, 0.5) is 0 Å². The van der Waals surface area contributed by atoms with Gasteiger partial charge in [-0.3, -0.25) is 14.2 Å². The normalized spacial score (nSPS) is 13.0. The minimum absolute atomic E-state index is 0.0601. The summed E-state index contributed by atoms with van der Waals surface area (Å²) in [5.41, 5.74) is 8.53. The lowest BCUT2D eigenvalue weighted by Crippen LogP contribution is -2.35. The molecule has 29 heavy (non-hydrogen) atoms. The van der Waals surface area contributed by atoms with Crippen molar-refractivity contribution in [3.63, 3.8) is 0 Å². The number of hydrogen-bond acceptors (Lipinski definition) is 4. The van der Waals surface area contributed by atoms with Gasteiger partial charge in [-0.05, 0) is 36.8 Å². The lowest BCUT2D eigenvalue weighted by Gasteiger charge is -2.19. The second-order valence-corrected chi connectivity index (χ2v) is 9.78. The number of hydrogen-bond donors (Lipinski definition) is 1. The van der Waals surface area contributed by atoms with Crippen LogP contribution in [0.2, 0.25) is 0 Å². The van der Waals surface area contributed by atoms with Crippen molar-refractivity contribution >= 4 is 27.5 Å². The summed E-state index contributed by atoms with van der Waals surface area (Å²) in [5.74, 6) is 0.0841. The molecule has 1 atom stereocenters. The van der Waals surface area contributed by atoms with Crippen molar-refractivity contribution < 1.29 is 4.79 Å². The van der Waals surface area contributed by atoms with Gasteiger partial charge >= 0.3 is 0 Å². The molecule has 5 nitrogen and oxygen atoms in total. The first kappa shape index (κ1) is 21.2. The molecule has 0 saturated heterocycles. The van der Waals surface area contributed by atoms with Crippen molar-refractivity contribution in [2.75, 3.05) is 0 Å². The van der Waals surface area contributed by atoms with Crippen LogP contribution in [0.3, 0.4) is 0 Å². The maximum Gasteiger partial charge on any atom is 0.263 e. The maximum atomic E-state index is 13.5. The summed E-state index contributed by atoms with van der Waals surface area (Å²) in [5, 5.41) is 0.573. The van der Waals surface area contributed by atoms with Gasteiger partial charge in [0.2, 0.25) is 5.91 Å². The topological polar surface area (TPSA) is 78.0 Å². The Balaban J connectivity index is 2.29. The molecule has 0 fully saturated rings. The summed E-state index contributed by atoms with van der Waals surface area (Å²) in [6.07, 6.45) is 1.45. The molecular weight excluding hydrogens is 382 g/mol. The molecule has 1 unspecified atom stereocenters. The zero-order valence-corrected chi connectivity index (χ0v) is 18.8. The fraction of sp³-hybridized carbons (Fsp3) is 0.435. The van der Waals surface area contributed by atoms with Crippen molar-refractivity contribution in [1.29, 1.82) is 0 Å². The van der Waals surface area contributed by atoms with Gasteiger partial charge in [0.25, 0.3) is 5.56 Å². The van der Waals surface area contributed by atoms with E-state index in [1.54, 1.807) is 6.92 Å². The number of thiophene rings is 1. The van der Waals surface area contributed by atoms with Gasteiger partial charge in [0, 0.05) is 16.9 Å². The number of fused-ring (bicyclic) bond motifs is 1. The Labute approximate surface area is 175 Å². The van der Waals surface area contributed by atoms with Gasteiger partial charge < -0.3 is 5.73 Å². The number of carbonyl (C=O) groups is 1. The highest BCUT2D eigenvalue weighted by atomic mass is 32.1. The van der Waals surface area contributed by atoms with Crippen molar-refractivity contribution in [3.05, 3.63) is 50.9 Å². The Bertz CT molecular complexity index is 1120. The first-order valence-corrected chi connectivity index (χ1v) is 10.8. The molecule has 1 aromatic carbocycles. The summed E-state index contributed by atoms with van der Waals surface area (Å²) < 4.78 is 1.48. The van der Waals surface area contributed by atoms with Crippen LogP contribution < -0.4 is 11.3 Å². The monoisotopic (exact) mass is 411 g/mol. The van der Waals surface area contributed by atoms with Crippen LogP contribution in [0.15, 0.2) is 29.1 Å². The average molecular weight is 412 g/mol. The smallest absolute Gasteiger partial charge is 0.263 e. The Morgan fingerprint density at radius 2 is 1.86 bits per heavy atom. The van der Waals surface area contributed by atoms with Gasteiger partial charge in [0.05, 0.1) is 5.39 Å². The first-order valence-electron chi connectivity index (χ1n) is 10.0. The molecule has 3 aromatic rings. The minimum atomic E-state index is -0.739.